The van der Waals surface area contributed by atoms with Gasteiger partial charge in [-0.25, -0.2) is 4.98 Å². The molecule has 0 fully saturated rings. The summed E-state index contributed by atoms with van der Waals surface area (Å²) in [7, 11) is 4.02. The number of carbonyl (C=O) groups excluding carboxylic acids is 1. The SMILES string of the molecule is CN(C)C(CNC(=O)c1ccc2c(=O)n3c(nc2c1)CCCCC3)c1ccsc1. The molecule has 1 unspecified atom stereocenters. The van der Waals surface area contributed by atoms with E-state index >= 15 is 0 Å². The van der Waals surface area contributed by atoms with Crippen LogP contribution in [-0.2, 0) is 13.0 Å². The van der Waals surface area contributed by atoms with Crippen molar-refractivity contribution in [1.82, 2.24) is 19.8 Å². The van der Waals surface area contributed by atoms with Crippen LogP contribution in [0.2, 0.25) is 0 Å². The van der Waals surface area contributed by atoms with Crippen LogP contribution in [0, 0.1) is 0 Å². The number of thiophene rings is 1. The molecule has 0 aliphatic carbocycles. The number of nitrogens with zero attached hydrogens (tertiary/aromatic N) is 3. The first-order chi connectivity index (χ1) is 14.0. The Morgan fingerprint density at radius 2 is 2.14 bits per heavy atom. The summed E-state index contributed by atoms with van der Waals surface area (Å²) in [5, 5.41) is 7.77. The average Bonchev–Trinajstić information content (AvgIpc) is 3.12. The van der Waals surface area contributed by atoms with Gasteiger partial charge in [-0.05, 0) is 67.5 Å². The molecule has 0 bridgehead atoms. The van der Waals surface area contributed by atoms with Gasteiger partial charge in [0.25, 0.3) is 11.5 Å². The smallest absolute Gasteiger partial charge is 0.261 e. The largest absolute Gasteiger partial charge is 0.350 e. The first-order valence-corrected chi connectivity index (χ1v) is 11.0. The number of aryl methyl sites for hydroxylation is 1. The minimum atomic E-state index is -0.147. The van der Waals surface area contributed by atoms with E-state index < -0.39 is 0 Å². The Hall–Kier alpha value is -2.51. The van der Waals surface area contributed by atoms with E-state index in [2.05, 4.69) is 21.7 Å². The maximum absolute atomic E-state index is 12.8. The second-order valence-electron chi connectivity index (χ2n) is 7.77. The number of amides is 1. The van der Waals surface area contributed by atoms with Gasteiger partial charge < -0.3 is 10.2 Å². The van der Waals surface area contributed by atoms with Crippen molar-refractivity contribution in [2.45, 2.75) is 38.3 Å². The molecule has 0 saturated carbocycles. The number of hydrogen-bond acceptors (Lipinski definition) is 5. The Bertz CT molecular complexity index is 1070. The number of benzene rings is 1. The molecule has 0 spiro atoms. The van der Waals surface area contributed by atoms with Crippen molar-refractivity contribution in [3.63, 3.8) is 0 Å². The molecule has 1 amide bonds. The number of nitrogens with one attached hydrogen (secondary N) is 1. The molecule has 1 atom stereocenters. The summed E-state index contributed by atoms with van der Waals surface area (Å²) in [6.07, 6.45) is 3.99. The van der Waals surface area contributed by atoms with Crippen LogP contribution >= 0.6 is 11.3 Å². The standard InChI is InChI=1S/C22H26N4O2S/c1-25(2)19(16-9-11-29-14-16)13-23-21(27)15-7-8-17-18(12-15)24-20-6-4-3-5-10-26(20)22(17)28/h7-9,11-12,14,19H,3-6,10,13H2,1-2H3,(H,23,27). The first kappa shape index (κ1) is 19.8. The second-order valence-corrected chi connectivity index (χ2v) is 8.55. The van der Waals surface area contributed by atoms with Gasteiger partial charge in [-0.15, -0.1) is 0 Å². The fraction of sp³-hybridized carbons (Fsp3) is 0.409. The second kappa shape index (κ2) is 8.47. The van der Waals surface area contributed by atoms with Gasteiger partial charge in [-0.3, -0.25) is 14.2 Å². The Labute approximate surface area is 174 Å². The summed E-state index contributed by atoms with van der Waals surface area (Å²) in [6.45, 7) is 1.24. The molecular weight excluding hydrogens is 384 g/mol. The van der Waals surface area contributed by atoms with Crippen molar-refractivity contribution in [3.05, 3.63) is 62.3 Å². The lowest BCUT2D eigenvalue weighted by Gasteiger charge is -2.24. The third-order valence-electron chi connectivity index (χ3n) is 5.59. The Morgan fingerprint density at radius 1 is 1.28 bits per heavy atom. The Balaban J connectivity index is 1.57. The lowest BCUT2D eigenvalue weighted by Crippen LogP contribution is -2.34. The highest BCUT2D eigenvalue weighted by atomic mass is 32.1. The molecule has 29 heavy (non-hydrogen) atoms. The third kappa shape index (κ3) is 4.11. The number of hydrogen-bond donors (Lipinski definition) is 1. The fourth-order valence-corrected chi connectivity index (χ4v) is 4.62. The van der Waals surface area contributed by atoms with Crippen molar-refractivity contribution in [2.75, 3.05) is 20.6 Å². The van der Waals surface area contributed by atoms with Gasteiger partial charge >= 0.3 is 0 Å². The van der Waals surface area contributed by atoms with Gasteiger partial charge in [0.05, 0.1) is 16.9 Å². The van der Waals surface area contributed by atoms with Crippen LogP contribution in [0.25, 0.3) is 10.9 Å². The number of carbonyl (C=O) groups is 1. The zero-order valence-electron chi connectivity index (χ0n) is 16.9. The minimum absolute atomic E-state index is 0.00369. The van der Waals surface area contributed by atoms with Gasteiger partial charge in [-0.1, -0.05) is 6.42 Å². The molecule has 152 valence electrons. The number of likely N-dealkylation sites (N-methyl/N-ethyl adjacent to an activating group) is 1. The highest BCUT2D eigenvalue weighted by molar-refractivity contribution is 7.07. The molecule has 3 heterocycles. The number of rotatable bonds is 5. The molecule has 1 aliphatic rings. The van der Waals surface area contributed by atoms with Crippen LogP contribution in [0.3, 0.4) is 0 Å². The van der Waals surface area contributed by atoms with Crippen molar-refractivity contribution >= 4 is 28.1 Å². The molecule has 7 heteroatoms. The summed E-state index contributed by atoms with van der Waals surface area (Å²) in [4.78, 5) is 32.4. The van der Waals surface area contributed by atoms with E-state index in [0.29, 0.717) is 23.0 Å². The van der Waals surface area contributed by atoms with Crippen LogP contribution in [0.5, 0.6) is 0 Å². The molecule has 0 saturated heterocycles. The Kier molecular flexibility index (Phi) is 5.78. The predicted molar refractivity (Wildman–Crippen MR) is 117 cm³/mol. The van der Waals surface area contributed by atoms with Crippen LogP contribution < -0.4 is 10.9 Å². The minimum Gasteiger partial charge on any atom is -0.350 e. The van der Waals surface area contributed by atoms with Gasteiger partial charge in [0.1, 0.15) is 5.82 Å². The molecule has 0 radical (unpaired) electrons. The van der Waals surface area contributed by atoms with E-state index in [0.717, 1.165) is 38.1 Å². The van der Waals surface area contributed by atoms with E-state index in [1.807, 2.05) is 19.5 Å². The molecule has 4 rings (SSSR count). The summed E-state index contributed by atoms with van der Waals surface area (Å²) >= 11 is 1.65. The zero-order valence-corrected chi connectivity index (χ0v) is 17.7. The zero-order chi connectivity index (χ0) is 20.4. The highest BCUT2D eigenvalue weighted by Crippen LogP contribution is 2.20. The Morgan fingerprint density at radius 3 is 2.90 bits per heavy atom. The van der Waals surface area contributed by atoms with E-state index in [-0.39, 0.29) is 17.5 Å². The monoisotopic (exact) mass is 410 g/mol. The van der Waals surface area contributed by atoms with Gasteiger partial charge in [0.2, 0.25) is 0 Å². The van der Waals surface area contributed by atoms with Crippen LogP contribution in [0.15, 0.2) is 39.8 Å². The molecule has 1 N–H and O–H groups in total. The maximum atomic E-state index is 12.8. The van der Waals surface area contributed by atoms with Gasteiger partial charge in [-0.2, -0.15) is 11.3 Å². The van der Waals surface area contributed by atoms with E-state index in [4.69, 9.17) is 4.98 Å². The lowest BCUT2D eigenvalue weighted by atomic mass is 10.1. The van der Waals surface area contributed by atoms with Gasteiger partial charge in [0.15, 0.2) is 0 Å². The number of aromatic nitrogens is 2. The fourth-order valence-electron chi connectivity index (χ4n) is 3.91. The molecule has 1 aliphatic heterocycles. The summed E-state index contributed by atoms with van der Waals surface area (Å²) < 4.78 is 1.80. The van der Waals surface area contributed by atoms with E-state index in [9.17, 15) is 9.59 Å². The van der Waals surface area contributed by atoms with Crippen LogP contribution in [0.4, 0.5) is 0 Å². The summed E-state index contributed by atoms with van der Waals surface area (Å²) in [5.41, 5.74) is 2.34. The highest BCUT2D eigenvalue weighted by Gasteiger charge is 2.18. The average molecular weight is 411 g/mol. The number of fused-ring (bicyclic) bond motifs is 2. The summed E-state index contributed by atoms with van der Waals surface area (Å²) in [5.74, 6) is 0.688. The summed E-state index contributed by atoms with van der Waals surface area (Å²) in [6, 6.07) is 7.40. The topological polar surface area (TPSA) is 67.2 Å². The normalized spacial score (nSPS) is 15.1. The van der Waals surface area contributed by atoms with Crippen molar-refractivity contribution in [2.24, 2.45) is 0 Å². The van der Waals surface area contributed by atoms with E-state index in [1.54, 1.807) is 34.1 Å². The van der Waals surface area contributed by atoms with Crippen molar-refractivity contribution in [3.8, 4) is 0 Å². The quantitative estimate of drug-likeness (QED) is 0.701. The third-order valence-corrected chi connectivity index (χ3v) is 6.29. The molecule has 1 aromatic carbocycles. The maximum Gasteiger partial charge on any atom is 0.261 e. The predicted octanol–water partition coefficient (Wildman–Crippen LogP) is 3.22. The molecule has 3 aromatic rings. The molecular formula is C22H26N4O2S. The van der Waals surface area contributed by atoms with Gasteiger partial charge in [0, 0.05) is 25.1 Å². The van der Waals surface area contributed by atoms with E-state index in [1.165, 1.54) is 5.56 Å². The van der Waals surface area contributed by atoms with Crippen LogP contribution in [-0.4, -0.2) is 41.0 Å². The molecule has 6 nitrogen and oxygen atoms in total. The van der Waals surface area contributed by atoms with Crippen molar-refractivity contribution < 1.29 is 4.79 Å². The van der Waals surface area contributed by atoms with Crippen molar-refractivity contribution in [1.29, 1.82) is 0 Å². The lowest BCUT2D eigenvalue weighted by molar-refractivity contribution is 0.0942. The first-order valence-electron chi connectivity index (χ1n) is 10.0. The van der Waals surface area contributed by atoms with Crippen LogP contribution in [0.1, 0.15) is 47.1 Å². The molecule has 2 aromatic heterocycles.